The zero-order valence-electron chi connectivity index (χ0n) is 5.11. The van der Waals surface area contributed by atoms with Crippen molar-refractivity contribution >= 4 is 27.3 Å². The summed E-state index contributed by atoms with van der Waals surface area (Å²) >= 11 is 0. The van der Waals surface area contributed by atoms with Crippen LogP contribution in [-0.2, 0) is 38.4 Å². The van der Waals surface area contributed by atoms with E-state index in [1.165, 1.54) is 0 Å². The lowest BCUT2D eigenvalue weighted by Crippen LogP contribution is -2.13. The van der Waals surface area contributed by atoms with E-state index in [1.807, 2.05) is 0 Å². The van der Waals surface area contributed by atoms with Crippen molar-refractivity contribution in [2.45, 2.75) is 0 Å². The van der Waals surface area contributed by atoms with Crippen molar-refractivity contribution in [3.05, 3.63) is 0 Å². The molecule has 0 heterocycles. The van der Waals surface area contributed by atoms with Crippen LogP contribution in [0, 0.1) is 0 Å². The highest BCUT2D eigenvalue weighted by atomic mass is 32.3. The van der Waals surface area contributed by atoms with Gasteiger partial charge >= 0.3 is 27.3 Å². The Morgan fingerprint density at radius 3 is 1.92 bits per heavy atom. The van der Waals surface area contributed by atoms with Gasteiger partial charge in [-0.1, -0.05) is 8.67 Å². The molecule has 0 aliphatic heterocycles. The van der Waals surface area contributed by atoms with Crippen LogP contribution in [0.15, 0.2) is 0 Å². The van der Waals surface area contributed by atoms with E-state index in [2.05, 4.69) is 12.9 Å². The molecule has 11 heteroatoms. The van der Waals surface area contributed by atoms with Gasteiger partial charge in [-0.2, -0.15) is 16.8 Å². The normalized spacial score (nSPS) is 12.4. The summed E-state index contributed by atoms with van der Waals surface area (Å²) in [6, 6.07) is 0. The number of hydrogen-bond donors (Lipinski definition) is 1. The quantitative estimate of drug-likeness (QED) is 0.246. The average Bonchev–Trinajstić information content (AvgIpc) is 1.83. The van der Waals surface area contributed by atoms with Gasteiger partial charge in [0.25, 0.3) is 0 Å². The maximum Gasteiger partial charge on any atom is 0.479 e. The van der Waals surface area contributed by atoms with E-state index in [4.69, 9.17) is 4.55 Å². The van der Waals surface area contributed by atoms with Gasteiger partial charge in [-0.15, -0.1) is 0 Å². The van der Waals surface area contributed by atoms with Gasteiger partial charge in [0, 0.05) is 0 Å². The molecule has 12 heavy (non-hydrogen) atoms. The molecule has 0 aromatic rings. The molecule has 0 aromatic carbocycles. The Hall–Kier alpha value is -0.750. The fraction of sp³-hybridized carbons (Fsp3) is 0. The van der Waals surface area contributed by atoms with Crippen LogP contribution in [0.2, 0.25) is 0 Å². The van der Waals surface area contributed by atoms with E-state index < -0.39 is 27.3 Å². The minimum Gasteiger partial charge on any atom is -0.326 e. The first-order chi connectivity index (χ1) is 5.27. The van der Waals surface area contributed by atoms with Crippen LogP contribution in [0.4, 0.5) is 0 Å². The lowest BCUT2D eigenvalue weighted by Gasteiger charge is -1.96. The molecule has 0 spiro atoms. The molecule has 0 rings (SSSR count). The molecule has 0 aromatic heterocycles. The van der Waals surface area contributed by atoms with Gasteiger partial charge in [0.05, 0.1) is 0 Å². The Morgan fingerprint density at radius 1 is 1.08 bits per heavy atom. The Balaban J connectivity index is 4.20. The van der Waals surface area contributed by atoms with Gasteiger partial charge < -0.3 is 4.18 Å². The summed E-state index contributed by atoms with van der Waals surface area (Å²) in [5.41, 5.74) is 0. The van der Waals surface area contributed by atoms with Crippen LogP contribution in [0.5, 0.6) is 0 Å². The molecule has 0 bridgehead atoms. The summed E-state index contributed by atoms with van der Waals surface area (Å²) in [6.07, 6.45) is 0. The maximum absolute atomic E-state index is 10.1. The van der Waals surface area contributed by atoms with Crippen LogP contribution >= 0.6 is 0 Å². The second-order valence-corrected chi connectivity index (χ2v) is 3.30. The van der Waals surface area contributed by atoms with E-state index in [-0.39, 0.29) is 0 Å². The first-order valence-electron chi connectivity index (χ1n) is 1.99. The third-order valence-corrected chi connectivity index (χ3v) is 1.23. The van der Waals surface area contributed by atoms with E-state index in [0.29, 0.717) is 0 Å². The standard InChI is InChI=1S/CH2O9S2/c2-1-8-12(6,7)10-9-11(3,4)5/h1H,(H,3,4,5). The zero-order chi connectivity index (χ0) is 9.83. The van der Waals surface area contributed by atoms with Crippen LogP contribution in [0.25, 0.3) is 0 Å². The highest BCUT2D eigenvalue weighted by Crippen LogP contribution is 1.97. The van der Waals surface area contributed by atoms with E-state index >= 15 is 0 Å². The molecule has 0 saturated carbocycles. The van der Waals surface area contributed by atoms with E-state index in [9.17, 15) is 21.6 Å². The Labute approximate surface area is 67.1 Å². The number of carbonyl (C=O) groups excluding carboxylic acids is 1. The molecule has 0 fully saturated rings. The van der Waals surface area contributed by atoms with Crippen molar-refractivity contribution in [3.8, 4) is 0 Å². The summed E-state index contributed by atoms with van der Waals surface area (Å²) in [5, 5.41) is 0. The number of rotatable bonds is 5. The molecule has 0 atom stereocenters. The van der Waals surface area contributed by atoms with Crippen LogP contribution < -0.4 is 0 Å². The lowest BCUT2D eigenvalue weighted by atomic mass is 11.7. The van der Waals surface area contributed by atoms with Gasteiger partial charge in [-0.05, 0) is 0 Å². The van der Waals surface area contributed by atoms with Crippen LogP contribution in [-0.4, -0.2) is 27.9 Å². The predicted molar refractivity (Wildman–Crippen MR) is 29.8 cm³/mol. The predicted octanol–water partition coefficient (Wildman–Crippen LogP) is -1.84. The molecule has 0 amide bonds. The van der Waals surface area contributed by atoms with Gasteiger partial charge in [0.1, 0.15) is 0 Å². The first kappa shape index (κ1) is 11.2. The molecule has 0 unspecified atom stereocenters. The average molecular weight is 222 g/mol. The molecule has 0 aliphatic rings. The lowest BCUT2D eigenvalue weighted by molar-refractivity contribution is -0.130. The third kappa shape index (κ3) is 5.99. The van der Waals surface area contributed by atoms with Gasteiger partial charge in [-0.25, -0.2) is 0 Å². The highest BCUT2D eigenvalue weighted by molar-refractivity contribution is 7.83. The van der Waals surface area contributed by atoms with Gasteiger partial charge in [0.2, 0.25) is 0 Å². The molecular weight excluding hydrogens is 220 g/mol. The second-order valence-electron chi connectivity index (χ2n) is 1.16. The summed E-state index contributed by atoms with van der Waals surface area (Å²) in [5.74, 6) is 0. The zero-order valence-corrected chi connectivity index (χ0v) is 6.74. The fourth-order valence-electron chi connectivity index (χ4n) is 0.133. The minimum absolute atomic E-state index is 0.539. The summed E-state index contributed by atoms with van der Waals surface area (Å²) in [4.78, 5) is 9.40. The molecule has 9 nitrogen and oxygen atoms in total. The van der Waals surface area contributed by atoms with Crippen molar-refractivity contribution in [3.63, 3.8) is 0 Å². The van der Waals surface area contributed by atoms with Crippen molar-refractivity contribution < 1.29 is 39.0 Å². The summed E-state index contributed by atoms with van der Waals surface area (Å²) in [6.45, 7) is -0.539. The van der Waals surface area contributed by atoms with Crippen molar-refractivity contribution in [2.24, 2.45) is 0 Å². The van der Waals surface area contributed by atoms with Crippen molar-refractivity contribution in [2.75, 3.05) is 0 Å². The molecule has 0 saturated heterocycles. The summed E-state index contributed by atoms with van der Waals surface area (Å²) in [7, 11) is -9.97. The monoisotopic (exact) mass is 222 g/mol. The number of carbonyl (C=O) groups is 1. The van der Waals surface area contributed by atoms with Gasteiger partial charge in [-0.3, -0.25) is 9.35 Å². The van der Waals surface area contributed by atoms with Crippen LogP contribution in [0.3, 0.4) is 0 Å². The molecule has 0 radical (unpaired) electrons. The van der Waals surface area contributed by atoms with E-state index in [1.54, 1.807) is 0 Å². The van der Waals surface area contributed by atoms with Crippen molar-refractivity contribution in [1.29, 1.82) is 0 Å². The molecule has 72 valence electrons. The van der Waals surface area contributed by atoms with Crippen LogP contribution in [0.1, 0.15) is 0 Å². The molecule has 1 N–H and O–H groups in total. The topological polar surface area (TPSA) is 133 Å². The number of hydrogen-bond acceptors (Lipinski definition) is 8. The SMILES string of the molecule is O=COS(=O)(=O)OOS(=O)(=O)O. The maximum atomic E-state index is 10.1. The third-order valence-electron chi connectivity index (χ3n) is 0.354. The highest BCUT2D eigenvalue weighted by Gasteiger charge is 2.18. The largest absolute Gasteiger partial charge is 0.479 e. The Morgan fingerprint density at radius 2 is 1.58 bits per heavy atom. The minimum atomic E-state index is -5.07. The molecular formula is CH2O9S2. The summed E-state index contributed by atoms with van der Waals surface area (Å²) < 4.78 is 56.4. The fourth-order valence-corrected chi connectivity index (χ4v) is 0.815. The van der Waals surface area contributed by atoms with Crippen molar-refractivity contribution in [1.82, 2.24) is 0 Å². The first-order valence-corrected chi connectivity index (χ1v) is 4.69. The van der Waals surface area contributed by atoms with E-state index in [0.717, 1.165) is 0 Å². The molecule has 0 aliphatic carbocycles. The smallest absolute Gasteiger partial charge is 0.326 e. The Bertz CT molecular complexity index is 331. The second kappa shape index (κ2) is 3.77. The van der Waals surface area contributed by atoms with Gasteiger partial charge in [0.15, 0.2) is 0 Å². The Kier molecular flexibility index (Phi) is 3.54.